The lowest BCUT2D eigenvalue weighted by atomic mass is 9.87. The van der Waals surface area contributed by atoms with E-state index in [1.807, 2.05) is 24.3 Å². The Hall–Kier alpha value is -2.93. The van der Waals surface area contributed by atoms with Gasteiger partial charge in [-0.1, -0.05) is 39.0 Å². The maximum absolute atomic E-state index is 12.3. The third-order valence-corrected chi connectivity index (χ3v) is 4.41. The van der Waals surface area contributed by atoms with Crippen molar-refractivity contribution in [2.75, 3.05) is 13.2 Å². The molecule has 0 aliphatic rings. The first-order valence-corrected chi connectivity index (χ1v) is 9.03. The number of hydrogen-bond acceptors (Lipinski definition) is 5. The molecule has 7 nitrogen and oxygen atoms in total. The van der Waals surface area contributed by atoms with Gasteiger partial charge in [0.05, 0.1) is 4.92 Å². The second-order valence-electron chi connectivity index (χ2n) is 7.66. The van der Waals surface area contributed by atoms with Gasteiger partial charge in [0, 0.05) is 23.7 Å². The van der Waals surface area contributed by atoms with E-state index in [2.05, 4.69) is 26.1 Å². The van der Waals surface area contributed by atoms with Crippen LogP contribution in [0.5, 0.6) is 5.75 Å². The summed E-state index contributed by atoms with van der Waals surface area (Å²) < 4.78 is 5.56. The quantitative estimate of drug-likeness (QED) is 0.561. The zero-order valence-electron chi connectivity index (χ0n) is 16.6. The van der Waals surface area contributed by atoms with Gasteiger partial charge in [-0.25, -0.2) is 0 Å². The predicted octanol–water partition coefficient (Wildman–Crippen LogP) is 3.37. The smallest absolute Gasteiger partial charge is 0.273 e. The number of hydrogen-bond donors (Lipinski definition) is 2. The molecular formula is C21H26N2O5. The van der Waals surface area contributed by atoms with Crippen molar-refractivity contribution in [3.8, 4) is 5.75 Å². The Morgan fingerprint density at radius 3 is 2.43 bits per heavy atom. The largest absolute Gasteiger partial charge is 0.491 e. The third-order valence-electron chi connectivity index (χ3n) is 4.41. The van der Waals surface area contributed by atoms with Gasteiger partial charge < -0.3 is 15.2 Å². The number of nitro groups is 1. The zero-order valence-corrected chi connectivity index (χ0v) is 16.6. The number of aliphatic hydroxyl groups excluding tert-OH is 1. The molecule has 1 atom stereocenters. The minimum absolute atomic E-state index is 0.0169. The number of nitrogens with zero attached hydrogens (tertiary/aromatic N) is 1. The maximum atomic E-state index is 12.3. The Morgan fingerprint density at radius 2 is 1.86 bits per heavy atom. The number of ether oxygens (including phenoxy) is 1. The monoisotopic (exact) mass is 386 g/mol. The van der Waals surface area contributed by atoms with Crippen molar-refractivity contribution in [2.24, 2.45) is 0 Å². The lowest BCUT2D eigenvalue weighted by Gasteiger charge is -2.19. The molecule has 28 heavy (non-hydrogen) atoms. The van der Waals surface area contributed by atoms with Gasteiger partial charge in [0.2, 0.25) is 0 Å². The number of nitrogens with one attached hydrogen (secondary N) is 1. The molecule has 2 rings (SSSR count). The van der Waals surface area contributed by atoms with Crippen LogP contribution in [-0.4, -0.2) is 35.2 Å². The fourth-order valence-corrected chi connectivity index (χ4v) is 2.68. The second-order valence-corrected chi connectivity index (χ2v) is 7.66. The number of rotatable bonds is 7. The van der Waals surface area contributed by atoms with E-state index < -0.39 is 16.9 Å². The average molecular weight is 386 g/mol. The van der Waals surface area contributed by atoms with Gasteiger partial charge in [-0.3, -0.25) is 14.9 Å². The molecule has 1 unspecified atom stereocenters. The number of aliphatic hydroxyl groups is 1. The van der Waals surface area contributed by atoms with E-state index in [9.17, 15) is 20.0 Å². The second kappa shape index (κ2) is 8.84. The van der Waals surface area contributed by atoms with Gasteiger partial charge in [0.15, 0.2) is 0 Å². The minimum atomic E-state index is -0.912. The van der Waals surface area contributed by atoms with Crippen LogP contribution in [0.3, 0.4) is 0 Å². The van der Waals surface area contributed by atoms with E-state index in [0.717, 1.165) is 0 Å². The number of benzene rings is 2. The Bertz CT molecular complexity index is 841. The third kappa shape index (κ3) is 5.53. The van der Waals surface area contributed by atoms with Gasteiger partial charge in [-0.05, 0) is 36.1 Å². The van der Waals surface area contributed by atoms with E-state index in [0.29, 0.717) is 5.75 Å². The topological polar surface area (TPSA) is 102 Å². The van der Waals surface area contributed by atoms with Crippen LogP contribution in [0.25, 0.3) is 0 Å². The summed E-state index contributed by atoms with van der Waals surface area (Å²) in [6.45, 7) is 7.88. The highest BCUT2D eigenvalue weighted by atomic mass is 16.6. The molecule has 7 heteroatoms. The molecule has 150 valence electrons. The van der Waals surface area contributed by atoms with E-state index in [1.54, 1.807) is 0 Å². The van der Waals surface area contributed by atoms with Crippen LogP contribution in [0.15, 0.2) is 42.5 Å². The molecular weight excluding hydrogens is 360 g/mol. The average Bonchev–Trinajstić information content (AvgIpc) is 2.64. The van der Waals surface area contributed by atoms with Crippen LogP contribution in [0, 0.1) is 17.0 Å². The summed E-state index contributed by atoms with van der Waals surface area (Å²) in [4.78, 5) is 22.7. The van der Waals surface area contributed by atoms with Crippen molar-refractivity contribution < 1.29 is 19.6 Å². The molecule has 0 saturated heterocycles. The van der Waals surface area contributed by atoms with E-state index in [4.69, 9.17) is 4.74 Å². The van der Waals surface area contributed by atoms with Crippen LogP contribution in [0.4, 0.5) is 5.69 Å². The summed E-state index contributed by atoms with van der Waals surface area (Å²) in [5.74, 6) is 0.155. The van der Waals surface area contributed by atoms with Gasteiger partial charge in [0.1, 0.15) is 18.5 Å². The molecule has 0 radical (unpaired) electrons. The fraction of sp³-hybridized carbons (Fsp3) is 0.381. The lowest BCUT2D eigenvalue weighted by Crippen LogP contribution is -2.35. The number of amides is 1. The highest BCUT2D eigenvalue weighted by Gasteiger charge is 2.18. The Morgan fingerprint density at radius 1 is 1.21 bits per heavy atom. The molecule has 0 aliphatic heterocycles. The van der Waals surface area contributed by atoms with E-state index >= 15 is 0 Å². The minimum Gasteiger partial charge on any atom is -0.491 e. The van der Waals surface area contributed by atoms with Crippen molar-refractivity contribution in [1.82, 2.24) is 5.32 Å². The molecule has 0 aromatic heterocycles. The number of nitro benzene ring substituents is 1. The van der Waals surface area contributed by atoms with Crippen LogP contribution in [0.1, 0.15) is 42.3 Å². The molecule has 2 aromatic carbocycles. The molecule has 0 heterocycles. The molecule has 0 fully saturated rings. The number of carbonyl (C=O) groups is 1. The molecule has 1 amide bonds. The van der Waals surface area contributed by atoms with Crippen molar-refractivity contribution >= 4 is 11.6 Å². The first-order valence-electron chi connectivity index (χ1n) is 9.03. The summed E-state index contributed by atoms with van der Waals surface area (Å²) in [5.41, 5.74) is 1.61. The predicted molar refractivity (Wildman–Crippen MR) is 107 cm³/mol. The van der Waals surface area contributed by atoms with Crippen LogP contribution in [-0.2, 0) is 5.41 Å². The van der Waals surface area contributed by atoms with Crippen molar-refractivity contribution in [2.45, 2.75) is 39.2 Å². The summed E-state index contributed by atoms with van der Waals surface area (Å²) in [6, 6.07) is 12.0. The Kier molecular flexibility index (Phi) is 6.75. The first-order chi connectivity index (χ1) is 13.1. The molecule has 0 bridgehead atoms. The molecule has 2 aromatic rings. The normalized spacial score (nSPS) is 12.3. The van der Waals surface area contributed by atoms with Gasteiger partial charge in [-0.15, -0.1) is 0 Å². The van der Waals surface area contributed by atoms with Crippen molar-refractivity contribution in [3.05, 3.63) is 69.3 Å². The van der Waals surface area contributed by atoms with Gasteiger partial charge >= 0.3 is 0 Å². The SMILES string of the molecule is Cc1c(C(=O)NCC(O)COc2ccc(C(C)(C)C)cc2)cccc1[N+](=O)[O-]. The van der Waals surface area contributed by atoms with Gasteiger partial charge in [-0.2, -0.15) is 0 Å². The van der Waals surface area contributed by atoms with Crippen molar-refractivity contribution in [3.63, 3.8) is 0 Å². The maximum Gasteiger partial charge on any atom is 0.273 e. The van der Waals surface area contributed by atoms with E-state index in [1.165, 1.54) is 30.7 Å². The van der Waals surface area contributed by atoms with Crippen LogP contribution in [0.2, 0.25) is 0 Å². The highest BCUT2D eigenvalue weighted by Crippen LogP contribution is 2.24. The fourth-order valence-electron chi connectivity index (χ4n) is 2.68. The number of carbonyl (C=O) groups excluding carboxylic acids is 1. The molecule has 0 saturated carbocycles. The summed E-state index contributed by atoms with van der Waals surface area (Å²) in [7, 11) is 0. The zero-order chi connectivity index (χ0) is 20.9. The Balaban J connectivity index is 1.87. The summed E-state index contributed by atoms with van der Waals surface area (Å²) in [6.07, 6.45) is -0.912. The van der Waals surface area contributed by atoms with Crippen molar-refractivity contribution in [1.29, 1.82) is 0 Å². The molecule has 2 N–H and O–H groups in total. The summed E-state index contributed by atoms with van der Waals surface area (Å²) >= 11 is 0. The lowest BCUT2D eigenvalue weighted by molar-refractivity contribution is -0.385. The van der Waals surface area contributed by atoms with Crippen LogP contribution < -0.4 is 10.1 Å². The molecule has 0 aliphatic carbocycles. The summed E-state index contributed by atoms with van der Waals surface area (Å²) in [5, 5.41) is 23.6. The van der Waals surface area contributed by atoms with Crippen LogP contribution >= 0.6 is 0 Å². The van der Waals surface area contributed by atoms with Gasteiger partial charge in [0.25, 0.3) is 11.6 Å². The first kappa shape index (κ1) is 21.4. The highest BCUT2D eigenvalue weighted by molar-refractivity contribution is 5.96. The molecule has 0 spiro atoms. The standard InChI is InChI=1S/C21H26N2O5/c1-14-18(6-5-7-19(14)23(26)27)20(25)22-12-16(24)13-28-17-10-8-15(9-11-17)21(2,3)4/h5-11,16,24H,12-13H2,1-4H3,(H,22,25). The Labute approximate surface area is 164 Å². The van der Waals surface area contributed by atoms with E-state index in [-0.39, 0.29) is 35.4 Å².